The molecule has 4 nitrogen and oxygen atoms in total. The molecular weight excluding hydrogens is 230 g/mol. The maximum absolute atomic E-state index is 11.1. The number of rotatable bonds is 9. The molecule has 0 spiro atoms. The molecule has 4 heteroatoms. The molecule has 0 saturated carbocycles. The van der Waals surface area contributed by atoms with Crippen LogP contribution in [-0.2, 0) is 4.79 Å². The van der Waals surface area contributed by atoms with Gasteiger partial charge in [-0.3, -0.25) is 4.79 Å². The van der Waals surface area contributed by atoms with Gasteiger partial charge in [0.05, 0.1) is 6.61 Å². The predicted molar refractivity (Wildman–Crippen MR) is 71.0 cm³/mol. The number of carbonyl (C=O) groups is 1. The van der Waals surface area contributed by atoms with E-state index in [0.29, 0.717) is 32.6 Å². The van der Waals surface area contributed by atoms with Crippen LogP contribution in [0.25, 0.3) is 0 Å². The molecule has 0 radical (unpaired) electrons. The molecule has 0 aliphatic carbocycles. The molecule has 0 atom stereocenters. The number of hydrogen-bond acceptors (Lipinski definition) is 4. The molecule has 1 aromatic carbocycles. The van der Waals surface area contributed by atoms with E-state index in [4.69, 9.17) is 15.2 Å². The van der Waals surface area contributed by atoms with Gasteiger partial charge in [0.15, 0.2) is 0 Å². The topological polar surface area (TPSA) is 61.5 Å². The summed E-state index contributed by atoms with van der Waals surface area (Å²) in [6.07, 6.45) is 1.93. The fraction of sp³-hybridized carbons (Fsp3) is 0.500. The van der Waals surface area contributed by atoms with Crippen molar-refractivity contribution >= 4 is 5.78 Å². The molecule has 0 bridgehead atoms. The molecule has 2 N–H and O–H groups in total. The van der Waals surface area contributed by atoms with Crippen LogP contribution in [0.4, 0.5) is 0 Å². The molecule has 0 aliphatic heterocycles. The molecule has 0 aliphatic rings. The van der Waals surface area contributed by atoms with Crippen LogP contribution in [0.15, 0.2) is 24.3 Å². The van der Waals surface area contributed by atoms with E-state index in [9.17, 15) is 4.79 Å². The minimum Gasteiger partial charge on any atom is -0.493 e. The highest BCUT2D eigenvalue weighted by Crippen LogP contribution is 2.19. The van der Waals surface area contributed by atoms with Crippen LogP contribution in [0.3, 0.4) is 0 Å². The van der Waals surface area contributed by atoms with Gasteiger partial charge in [-0.2, -0.15) is 0 Å². The van der Waals surface area contributed by atoms with Crippen molar-refractivity contribution in [3.05, 3.63) is 24.3 Å². The van der Waals surface area contributed by atoms with E-state index >= 15 is 0 Å². The van der Waals surface area contributed by atoms with Crippen molar-refractivity contribution in [3.63, 3.8) is 0 Å². The van der Waals surface area contributed by atoms with Crippen molar-refractivity contribution in [2.45, 2.75) is 26.2 Å². The van der Waals surface area contributed by atoms with Crippen LogP contribution in [0.5, 0.6) is 11.5 Å². The molecule has 0 amide bonds. The van der Waals surface area contributed by atoms with Crippen molar-refractivity contribution in [3.8, 4) is 11.5 Å². The van der Waals surface area contributed by atoms with E-state index in [1.807, 2.05) is 31.2 Å². The summed E-state index contributed by atoms with van der Waals surface area (Å²) in [7, 11) is 0. The van der Waals surface area contributed by atoms with E-state index in [1.54, 1.807) is 0 Å². The van der Waals surface area contributed by atoms with Gasteiger partial charge >= 0.3 is 0 Å². The van der Waals surface area contributed by atoms with Gasteiger partial charge in [-0.25, -0.2) is 0 Å². The van der Waals surface area contributed by atoms with Crippen LogP contribution < -0.4 is 15.2 Å². The van der Waals surface area contributed by atoms with Crippen molar-refractivity contribution in [1.29, 1.82) is 0 Å². The Morgan fingerprint density at radius 1 is 1.22 bits per heavy atom. The van der Waals surface area contributed by atoms with Crippen molar-refractivity contribution in [1.82, 2.24) is 0 Å². The Kier molecular flexibility index (Phi) is 6.87. The summed E-state index contributed by atoms with van der Waals surface area (Å²) in [5, 5.41) is 0. The third kappa shape index (κ3) is 5.68. The van der Waals surface area contributed by atoms with Crippen LogP contribution in [0.1, 0.15) is 26.2 Å². The predicted octanol–water partition coefficient (Wildman–Crippen LogP) is 2.16. The number of ether oxygens (including phenoxy) is 2. The van der Waals surface area contributed by atoms with Crippen molar-refractivity contribution in [2.75, 3.05) is 19.8 Å². The highest BCUT2D eigenvalue weighted by molar-refractivity contribution is 5.77. The number of ketones is 1. The second-order valence-corrected chi connectivity index (χ2v) is 3.96. The number of hydrogen-bond donors (Lipinski definition) is 1. The van der Waals surface area contributed by atoms with E-state index in [0.717, 1.165) is 17.9 Å². The van der Waals surface area contributed by atoms with E-state index in [2.05, 4.69) is 0 Å². The first-order valence-corrected chi connectivity index (χ1v) is 6.33. The zero-order chi connectivity index (χ0) is 13.2. The third-order valence-corrected chi connectivity index (χ3v) is 2.46. The van der Waals surface area contributed by atoms with Crippen LogP contribution in [-0.4, -0.2) is 25.5 Å². The summed E-state index contributed by atoms with van der Waals surface area (Å²) in [6, 6.07) is 7.44. The first kappa shape index (κ1) is 14.5. The minimum absolute atomic E-state index is 0.277. The van der Waals surface area contributed by atoms with Crippen molar-refractivity contribution < 1.29 is 14.3 Å². The van der Waals surface area contributed by atoms with Gasteiger partial charge in [0.1, 0.15) is 23.9 Å². The maximum Gasteiger partial charge on any atom is 0.132 e. The lowest BCUT2D eigenvalue weighted by Crippen LogP contribution is -2.10. The average Bonchev–Trinajstić information content (AvgIpc) is 2.41. The van der Waals surface area contributed by atoms with Gasteiger partial charge in [-0.05, 0) is 18.6 Å². The quantitative estimate of drug-likeness (QED) is 0.683. The third-order valence-electron chi connectivity index (χ3n) is 2.46. The second-order valence-electron chi connectivity index (χ2n) is 3.96. The molecular formula is C14H21NO3. The number of benzene rings is 1. The molecule has 0 saturated heterocycles. The Balaban J connectivity index is 2.31. The summed E-state index contributed by atoms with van der Waals surface area (Å²) in [5.41, 5.74) is 5.37. The number of nitrogens with two attached hydrogens (primary N) is 1. The van der Waals surface area contributed by atoms with Gasteiger partial charge in [-0.15, -0.1) is 0 Å². The first-order chi connectivity index (χ1) is 8.76. The minimum atomic E-state index is 0.277. The van der Waals surface area contributed by atoms with Gasteiger partial charge in [0.2, 0.25) is 0 Å². The van der Waals surface area contributed by atoms with Gasteiger partial charge in [-0.1, -0.05) is 13.0 Å². The zero-order valence-electron chi connectivity index (χ0n) is 10.9. The molecule has 0 fully saturated rings. The summed E-state index contributed by atoms with van der Waals surface area (Å²) in [6.45, 7) is 3.41. The lowest BCUT2D eigenvalue weighted by atomic mass is 10.2. The highest BCUT2D eigenvalue weighted by atomic mass is 16.5. The van der Waals surface area contributed by atoms with E-state index < -0.39 is 0 Å². The summed E-state index contributed by atoms with van der Waals surface area (Å²) >= 11 is 0. The SMILES string of the molecule is CCC(=O)CCCOc1cccc(OCCN)c1. The van der Waals surface area contributed by atoms with E-state index in [-0.39, 0.29) is 5.78 Å². The molecule has 1 aromatic rings. The highest BCUT2D eigenvalue weighted by Gasteiger charge is 2.00. The van der Waals surface area contributed by atoms with Gasteiger partial charge in [0.25, 0.3) is 0 Å². The average molecular weight is 251 g/mol. The number of carbonyl (C=O) groups excluding carboxylic acids is 1. The van der Waals surface area contributed by atoms with Crippen LogP contribution in [0, 0.1) is 0 Å². The summed E-state index contributed by atoms with van der Waals surface area (Å²) in [5.74, 6) is 1.79. The Hall–Kier alpha value is -1.55. The Bertz CT molecular complexity index is 366. The molecule has 0 aromatic heterocycles. The largest absolute Gasteiger partial charge is 0.493 e. The second kappa shape index (κ2) is 8.53. The zero-order valence-corrected chi connectivity index (χ0v) is 10.9. The Morgan fingerprint density at radius 2 is 1.89 bits per heavy atom. The fourth-order valence-corrected chi connectivity index (χ4v) is 1.47. The molecule has 0 heterocycles. The summed E-state index contributed by atoms with van der Waals surface area (Å²) < 4.78 is 11.0. The Labute approximate surface area is 108 Å². The Morgan fingerprint density at radius 3 is 2.50 bits per heavy atom. The molecule has 1 rings (SSSR count). The lowest BCUT2D eigenvalue weighted by Gasteiger charge is -2.08. The van der Waals surface area contributed by atoms with Crippen LogP contribution >= 0.6 is 0 Å². The van der Waals surface area contributed by atoms with Gasteiger partial charge in [0, 0.05) is 25.5 Å². The molecule has 18 heavy (non-hydrogen) atoms. The van der Waals surface area contributed by atoms with Crippen molar-refractivity contribution in [2.24, 2.45) is 5.73 Å². The monoisotopic (exact) mass is 251 g/mol. The normalized spacial score (nSPS) is 10.1. The lowest BCUT2D eigenvalue weighted by molar-refractivity contribution is -0.118. The van der Waals surface area contributed by atoms with E-state index in [1.165, 1.54) is 0 Å². The maximum atomic E-state index is 11.1. The number of Topliss-reactive ketones (excluding diaryl/α,β-unsaturated/α-hetero) is 1. The first-order valence-electron chi connectivity index (χ1n) is 6.33. The van der Waals surface area contributed by atoms with Gasteiger partial charge < -0.3 is 15.2 Å². The van der Waals surface area contributed by atoms with Crippen LogP contribution in [0.2, 0.25) is 0 Å². The molecule has 0 unspecified atom stereocenters. The summed E-state index contributed by atoms with van der Waals surface area (Å²) in [4.78, 5) is 11.1. The fourth-order valence-electron chi connectivity index (χ4n) is 1.47. The standard InChI is InChI=1S/C14H21NO3/c1-2-12(16)5-4-9-17-13-6-3-7-14(11-13)18-10-8-15/h3,6-7,11H,2,4-5,8-10,15H2,1H3. The molecule has 100 valence electrons. The smallest absolute Gasteiger partial charge is 0.132 e.